The van der Waals surface area contributed by atoms with Crippen LogP contribution in [0.25, 0.3) is 10.9 Å². The van der Waals surface area contributed by atoms with Crippen LogP contribution >= 0.6 is 0 Å². The van der Waals surface area contributed by atoms with Gasteiger partial charge >= 0.3 is 0 Å². The fourth-order valence-electron chi connectivity index (χ4n) is 3.04. The van der Waals surface area contributed by atoms with Crippen LogP contribution in [0.2, 0.25) is 0 Å². The lowest BCUT2D eigenvalue weighted by Gasteiger charge is -2.09. The molecular formula is C22H18FN3O2. The van der Waals surface area contributed by atoms with Gasteiger partial charge in [0.05, 0.1) is 5.52 Å². The molecule has 0 saturated heterocycles. The van der Waals surface area contributed by atoms with Gasteiger partial charge in [0.2, 0.25) is 0 Å². The van der Waals surface area contributed by atoms with Crippen molar-refractivity contribution in [2.75, 3.05) is 0 Å². The van der Waals surface area contributed by atoms with Crippen molar-refractivity contribution in [3.63, 3.8) is 0 Å². The zero-order valence-electron chi connectivity index (χ0n) is 15.2. The van der Waals surface area contributed by atoms with Crippen molar-refractivity contribution < 1.29 is 13.9 Å². The molecule has 5 nitrogen and oxygen atoms in total. The molecule has 0 atom stereocenters. The highest BCUT2D eigenvalue weighted by atomic mass is 19.1. The monoisotopic (exact) mass is 375 g/mol. The maximum absolute atomic E-state index is 13.0. The summed E-state index contributed by atoms with van der Waals surface area (Å²) < 4.78 is 20.3. The van der Waals surface area contributed by atoms with E-state index >= 15 is 0 Å². The molecule has 0 bridgehead atoms. The average molecular weight is 375 g/mol. The summed E-state index contributed by atoms with van der Waals surface area (Å²) >= 11 is 0. The number of rotatable bonds is 5. The van der Waals surface area contributed by atoms with E-state index in [-0.39, 0.29) is 11.7 Å². The van der Waals surface area contributed by atoms with E-state index in [0.717, 1.165) is 16.5 Å². The van der Waals surface area contributed by atoms with Crippen LogP contribution in [0.5, 0.6) is 11.5 Å². The Labute approximate surface area is 161 Å². The minimum atomic E-state index is -0.313. The summed E-state index contributed by atoms with van der Waals surface area (Å²) in [6.07, 6.45) is 0. The van der Waals surface area contributed by atoms with Gasteiger partial charge in [0.1, 0.15) is 23.0 Å². The molecule has 28 heavy (non-hydrogen) atoms. The van der Waals surface area contributed by atoms with Gasteiger partial charge in [-0.15, -0.1) is 0 Å². The number of carbonyl (C=O) groups excluding carboxylic acids is 1. The molecule has 4 rings (SSSR count). The van der Waals surface area contributed by atoms with E-state index in [9.17, 15) is 9.18 Å². The van der Waals surface area contributed by atoms with E-state index in [1.54, 1.807) is 23.9 Å². The van der Waals surface area contributed by atoms with E-state index in [2.05, 4.69) is 10.4 Å². The Bertz CT molecular complexity index is 1140. The molecule has 0 spiro atoms. The molecule has 0 aliphatic heterocycles. The van der Waals surface area contributed by atoms with Crippen molar-refractivity contribution >= 4 is 16.8 Å². The smallest absolute Gasteiger partial charge is 0.270 e. The van der Waals surface area contributed by atoms with Crippen LogP contribution in [-0.2, 0) is 13.6 Å². The first-order valence-electron chi connectivity index (χ1n) is 8.82. The number of aryl methyl sites for hydroxylation is 1. The molecule has 140 valence electrons. The molecule has 0 aliphatic rings. The molecular weight excluding hydrogens is 357 g/mol. The van der Waals surface area contributed by atoms with Crippen molar-refractivity contribution in [1.29, 1.82) is 0 Å². The maximum Gasteiger partial charge on any atom is 0.270 e. The normalized spacial score (nSPS) is 10.8. The molecule has 0 aliphatic carbocycles. The third-order valence-corrected chi connectivity index (χ3v) is 4.36. The molecule has 0 fully saturated rings. The Balaban J connectivity index is 1.46. The first-order valence-corrected chi connectivity index (χ1v) is 8.82. The van der Waals surface area contributed by atoms with E-state index in [4.69, 9.17) is 4.74 Å². The van der Waals surface area contributed by atoms with Crippen LogP contribution in [-0.4, -0.2) is 15.7 Å². The molecule has 6 heteroatoms. The van der Waals surface area contributed by atoms with Crippen molar-refractivity contribution in [3.8, 4) is 11.5 Å². The number of nitrogens with zero attached hydrogens (tertiary/aromatic N) is 2. The van der Waals surface area contributed by atoms with E-state index in [1.807, 2.05) is 48.5 Å². The van der Waals surface area contributed by atoms with E-state index in [0.29, 0.717) is 23.7 Å². The van der Waals surface area contributed by atoms with Crippen LogP contribution in [0.3, 0.4) is 0 Å². The second kappa shape index (κ2) is 7.52. The lowest BCUT2D eigenvalue weighted by atomic mass is 10.2. The Morgan fingerprint density at radius 1 is 1.04 bits per heavy atom. The molecule has 3 aromatic carbocycles. The minimum absolute atomic E-state index is 0.193. The number of aromatic nitrogens is 2. The Morgan fingerprint density at radius 3 is 2.64 bits per heavy atom. The zero-order valence-corrected chi connectivity index (χ0v) is 15.2. The van der Waals surface area contributed by atoms with Crippen LogP contribution < -0.4 is 10.1 Å². The van der Waals surface area contributed by atoms with Gasteiger partial charge < -0.3 is 10.1 Å². The van der Waals surface area contributed by atoms with Crippen LogP contribution in [0, 0.1) is 5.82 Å². The summed E-state index contributed by atoms with van der Waals surface area (Å²) in [5.41, 5.74) is 2.19. The summed E-state index contributed by atoms with van der Waals surface area (Å²) in [5, 5.41) is 8.11. The Hall–Kier alpha value is -3.67. The van der Waals surface area contributed by atoms with Crippen molar-refractivity contribution in [2.45, 2.75) is 6.54 Å². The second-order valence-corrected chi connectivity index (χ2v) is 6.38. The summed E-state index contributed by atoms with van der Waals surface area (Å²) in [6.45, 7) is 0.346. The number of amides is 1. The number of hydrogen-bond acceptors (Lipinski definition) is 3. The summed E-state index contributed by atoms with van der Waals surface area (Å²) in [5.74, 6) is 0.654. The highest BCUT2D eigenvalue weighted by Crippen LogP contribution is 2.23. The largest absolute Gasteiger partial charge is 0.457 e. The van der Waals surface area contributed by atoms with E-state index in [1.165, 1.54) is 12.1 Å². The standard InChI is InChI=1S/C22H18FN3O2/c1-26-21(19-7-2-3-8-20(19)25-26)22(27)24-14-15-5-4-6-18(13-15)28-17-11-9-16(23)10-12-17/h2-13H,14H2,1H3,(H,24,27). The number of halogens is 1. The molecule has 1 amide bonds. The molecule has 1 aromatic heterocycles. The highest BCUT2D eigenvalue weighted by Gasteiger charge is 2.15. The van der Waals surface area contributed by atoms with Crippen molar-refractivity contribution in [3.05, 3.63) is 89.9 Å². The van der Waals surface area contributed by atoms with Crippen molar-refractivity contribution in [1.82, 2.24) is 15.1 Å². The van der Waals surface area contributed by atoms with Gasteiger partial charge in [-0.3, -0.25) is 9.48 Å². The molecule has 0 unspecified atom stereocenters. The van der Waals surface area contributed by atoms with Crippen LogP contribution in [0.4, 0.5) is 4.39 Å². The number of carbonyl (C=O) groups is 1. The molecule has 1 N–H and O–H groups in total. The maximum atomic E-state index is 13.0. The third-order valence-electron chi connectivity index (χ3n) is 4.36. The molecule has 1 heterocycles. The first-order chi connectivity index (χ1) is 13.6. The molecule has 0 saturated carbocycles. The highest BCUT2D eigenvalue weighted by molar-refractivity contribution is 6.04. The Morgan fingerprint density at radius 2 is 1.82 bits per heavy atom. The van der Waals surface area contributed by atoms with Gasteiger partial charge in [-0.25, -0.2) is 4.39 Å². The fourth-order valence-corrected chi connectivity index (χ4v) is 3.04. The number of hydrogen-bond donors (Lipinski definition) is 1. The number of benzene rings is 3. The van der Waals surface area contributed by atoms with Gasteiger partial charge in [-0.2, -0.15) is 5.10 Å². The van der Waals surface area contributed by atoms with Gasteiger partial charge in [0, 0.05) is 19.0 Å². The number of fused-ring (bicyclic) bond motifs is 1. The first kappa shape index (κ1) is 17.7. The SMILES string of the molecule is Cn1nc2ccccc2c1C(=O)NCc1cccc(Oc2ccc(F)cc2)c1. The zero-order chi connectivity index (χ0) is 19.5. The predicted molar refractivity (Wildman–Crippen MR) is 105 cm³/mol. The van der Waals surface area contributed by atoms with Gasteiger partial charge in [-0.05, 0) is 48.0 Å². The lowest BCUT2D eigenvalue weighted by Crippen LogP contribution is -2.25. The summed E-state index contributed by atoms with van der Waals surface area (Å²) in [6, 6.07) is 20.8. The molecule has 4 aromatic rings. The summed E-state index contributed by atoms with van der Waals surface area (Å²) in [7, 11) is 1.76. The quantitative estimate of drug-likeness (QED) is 0.561. The minimum Gasteiger partial charge on any atom is -0.457 e. The van der Waals surface area contributed by atoms with Gasteiger partial charge in [0.25, 0.3) is 5.91 Å². The average Bonchev–Trinajstić information content (AvgIpc) is 3.04. The summed E-state index contributed by atoms with van der Waals surface area (Å²) in [4.78, 5) is 12.7. The number of nitrogens with one attached hydrogen (secondary N) is 1. The Kier molecular flexibility index (Phi) is 4.76. The van der Waals surface area contributed by atoms with Gasteiger partial charge in [0.15, 0.2) is 0 Å². The second-order valence-electron chi connectivity index (χ2n) is 6.38. The van der Waals surface area contributed by atoms with Crippen molar-refractivity contribution in [2.24, 2.45) is 7.05 Å². The topological polar surface area (TPSA) is 56.2 Å². The fraction of sp³-hybridized carbons (Fsp3) is 0.0909. The number of ether oxygens (including phenoxy) is 1. The third kappa shape index (κ3) is 3.71. The van der Waals surface area contributed by atoms with E-state index < -0.39 is 0 Å². The molecule has 0 radical (unpaired) electrons. The van der Waals surface area contributed by atoms with Gasteiger partial charge in [-0.1, -0.05) is 30.3 Å². The lowest BCUT2D eigenvalue weighted by molar-refractivity contribution is 0.0943. The van der Waals surface area contributed by atoms with Crippen LogP contribution in [0.15, 0.2) is 72.8 Å². The van der Waals surface area contributed by atoms with Crippen LogP contribution in [0.1, 0.15) is 16.1 Å². The predicted octanol–water partition coefficient (Wildman–Crippen LogP) is 4.43.